The second-order valence-corrected chi connectivity index (χ2v) is 8.98. The fraction of sp³-hybridized carbons (Fsp3) is 0.682. The van der Waals surface area contributed by atoms with Crippen LogP contribution in [0.15, 0.2) is 18.2 Å². The van der Waals surface area contributed by atoms with Crippen LogP contribution >= 0.6 is 0 Å². The first-order valence-electron chi connectivity index (χ1n) is 10.6. The molecule has 0 atom stereocenters. The van der Waals surface area contributed by atoms with Crippen LogP contribution in [-0.2, 0) is 16.8 Å². The zero-order valence-corrected chi connectivity index (χ0v) is 15.7. The molecule has 2 aliphatic heterocycles. The number of rotatable bonds is 3. The van der Waals surface area contributed by atoms with Crippen molar-refractivity contribution in [3.63, 3.8) is 0 Å². The molecule has 4 heteroatoms. The standard InChI is InChI=1S/C22H31N3O/c26-21(16-3-4-16)25-11-7-18(8-12-25)24-19-5-6-20-17(13-19)14-23-15-22(20)9-1-2-10-22/h5-6,13,16,18,23-24H,1-4,7-12,14-15H2. The van der Waals surface area contributed by atoms with Crippen molar-refractivity contribution in [3.8, 4) is 0 Å². The molecule has 0 radical (unpaired) electrons. The summed E-state index contributed by atoms with van der Waals surface area (Å²) in [5.74, 6) is 0.765. The highest BCUT2D eigenvalue weighted by atomic mass is 16.2. The topological polar surface area (TPSA) is 44.4 Å². The molecule has 0 unspecified atom stereocenters. The Labute approximate surface area is 156 Å². The third kappa shape index (κ3) is 3.02. The third-order valence-electron chi connectivity index (χ3n) is 7.12. The van der Waals surface area contributed by atoms with Crippen LogP contribution in [0.2, 0.25) is 0 Å². The number of nitrogens with one attached hydrogen (secondary N) is 2. The summed E-state index contributed by atoms with van der Waals surface area (Å²) in [5.41, 5.74) is 4.75. The molecule has 0 aromatic heterocycles. The number of fused-ring (bicyclic) bond motifs is 2. The summed E-state index contributed by atoms with van der Waals surface area (Å²) >= 11 is 0. The molecule has 4 nitrogen and oxygen atoms in total. The van der Waals surface area contributed by atoms with Gasteiger partial charge in [0.25, 0.3) is 0 Å². The fourth-order valence-electron chi connectivity index (χ4n) is 5.45. The molecule has 2 heterocycles. The van der Waals surface area contributed by atoms with E-state index in [0.29, 0.717) is 23.3 Å². The lowest BCUT2D eigenvalue weighted by Gasteiger charge is -2.37. The predicted octanol–water partition coefficient (Wildman–Crippen LogP) is 3.41. The number of hydrogen-bond acceptors (Lipinski definition) is 3. The quantitative estimate of drug-likeness (QED) is 0.875. The minimum atomic E-state index is 0.357. The molecule has 5 rings (SSSR count). The summed E-state index contributed by atoms with van der Waals surface area (Å²) in [4.78, 5) is 14.3. The van der Waals surface area contributed by atoms with Gasteiger partial charge in [0.05, 0.1) is 0 Å². The maximum absolute atomic E-state index is 12.2. The van der Waals surface area contributed by atoms with Gasteiger partial charge in [-0.05, 0) is 61.8 Å². The van der Waals surface area contributed by atoms with Gasteiger partial charge in [0.1, 0.15) is 0 Å². The Morgan fingerprint density at radius 1 is 1.12 bits per heavy atom. The van der Waals surface area contributed by atoms with Gasteiger partial charge in [-0.2, -0.15) is 0 Å². The minimum Gasteiger partial charge on any atom is -0.382 e. The molecule has 26 heavy (non-hydrogen) atoms. The van der Waals surface area contributed by atoms with Crippen LogP contribution in [0, 0.1) is 5.92 Å². The average molecular weight is 354 g/mol. The van der Waals surface area contributed by atoms with Crippen molar-refractivity contribution in [3.05, 3.63) is 29.3 Å². The lowest BCUT2D eigenvalue weighted by atomic mass is 9.74. The van der Waals surface area contributed by atoms with Gasteiger partial charge < -0.3 is 15.5 Å². The number of benzene rings is 1. The van der Waals surface area contributed by atoms with E-state index in [-0.39, 0.29) is 0 Å². The summed E-state index contributed by atoms with van der Waals surface area (Å²) in [6.07, 6.45) is 9.79. The van der Waals surface area contributed by atoms with Crippen molar-refractivity contribution < 1.29 is 4.79 Å². The maximum Gasteiger partial charge on any atom is 0.225 e. The number of anilines is 1. The first kappa shape index (κ1) is 16.6. The van der Waals surface area contributed by atoms with Gasteiger partial charge in [0.2, 0.25) is 5.91 Å². The van der Waals surface area contributed by atoms with Crippen molar-refractivity contribution in [2.75, 3.05) is 25.0 Å². The number of hydrogen-bond donors (Lipinski definition) is 2. The molecule has 140 valence electrons. The number of piperidine rings is 1. The molecular weight excluding hydrogens is 322 g/mol. The Morgan fingerprint density at radius 3 is 2.62 bits per heavy atom. The minimum absolute atomic E-state index is 0.357. The van der Waals surface area contributed by atoms with Crippen LogP contribution < -0.4 is 10.6 Å². The van der Waals surface area contributed by atoms with Crippen LogP contribution in [0.25, 0.3) is 0 Å². The zero-order chi connectivity index (χ0) is 17.6. The third-order valence-corrected chi connectivity index (χ3v) is 7.12. The van der Waals surface area contributed by atoms with Crippen molar-refractivity contribution >= 4 is 11.6 Å². The predicted molar refractivity (Wildman–Crippen MR) is 104 cm³/mol. The Kier molecular flexibility index (Phi) is 4.19. The molecule has 1 saturated heterocycles. The SMILES string of the molecule is O=C(C1CC1)N1CCC(Nc2ccc3c(c2)CNCC32CCCC2)CC1. The van der Waals surface area contributed by atoms with E-state index in [1.807, 2.05) is 0 Å². The van der Waals surface area contributed by atoms with Gasteiger partial charge in [-0.3, -0.25) is 4.79 Å². The smallest absolute Gasteiger partial charge is 0.225 e. The number of likely N-dealkylation sites (tertiary alicyclic amines) is 1. The highest BCUT2D eigenvalue weighted by Crippen LogP contribution is 2.44. The van der Waals surface area contributed by atoms with Gasteiger partial charge in [-0.1, -0.05) is 18.9 Å². The van der Waals surface area contributed by atoms with E-state index in [1.165, 1.54) is 36.9 Å². The lowest BCUT2D eigenvalue weighted by Crippen LogP contribution is -2.43. The summed E-state index contributed by atoms with van der Waals surface area (Å²) in [5, 5.41) is 7.42. The van der Waals surface area contributed by atoms with Gasteiger partial charge in [-0.15, -0.1) is 0 Å². The summed E-state index contributed by atoms with van der Waals surface area (Å²) < 4.78 is 0. The second kappa shape index (κ2) is 6.56. The van der Waals surface area contributed by atoms with Crippen LogP contribution in [0.4, 0.5) is 5.69 Å². The highest BCUT2D eigenvalue weighted by molar-refractivity contribution is 5.81. The molecule has 2 N–H and O–H groups in total. The number of nitrogens with zero attached hydrogens (tertiary/aromatic N) is 1. The number of carbonyl (C=O) groups is 1. The van der Waals surface area contributed by atoms with Crippen molar-refractivity contribution in [2.24, 2.45) is 5.92 Å². The maximum atomic E-state index is 12.2. The van der Waals surface area contributed by atoms with Gasteiger partial charge in [0.15, 0.2) is 0 Å². The van der Waals surface area contributed by atoms with Crippen molar-refractivity contribution in [1.29, 1.82) is 0 Å². The largest absolute Gasteiger partial charge is 0.382 e. The monoisotopic (exact) mass is 353 g/mol. The Balaban J connectivity index is 1.24. The molecule has 1 aromatic rings. The molecule has 1 spiro atoms. The molecule has 1 amide bonds. The number of amides is 1. The Hall–Kier alpha value is -1.55. The first-order chi connectivity index (χ1) is 12.7. The molecular formula is C22H31N3O. The Bertz CT molecular complexity index is 683. The van der Waals surface area contributed by atoms with Gasteiger partial charge in [0, 0.05) is 49.2 Å². The molecule has 2 aliphatic carbocycles. The number of carbonyl (C=O) groups excluding carboxylic acids is 1. The molecule has 2 saturated carbocycles. The molecule has 0 bridgehead atoms. The lowest BCUT2D eigenvalue weighted by molar-refractivity contribution is -0.133. The first-order valence-corrected chi connectivity index (χ1v) is 10.6. The van der Waals surface area contributed by atoms with E-state index in [1.54, 1.807) is 5.56 Å². The summed E-state index contributed by atoms with van der Waals surface area (Å²) in [6, 6.07) is 7.57. The van der Waals surface area contributed by atoms with E-state index in [9.17, 15) is 4.79 Å². The van der Waals surface area contributed by atoms with Crippen LogP contribution in [0.3, 0.4) is 0 Å². The molecule has 1 aromatic carbocycles. The fourth-order valence-corrected chi connectivity index (χ4v) is 5.45. The van der Waals surface area contributed by atoms with E-state index in [2.05, 4.69) is 33.7 Å². The normalized spacial score (nSPS) is 25.3. The summed E-state index contributed by atoms with van der Waals surface area (Å²) in [6.45, 7) is 3.99. The van der Waals surface area contributed by atoms with Gasteiger partial charge >= 0.3 is 0 Å². The molecule has 3 fully saturated rings. The van der Waals surface area contributed by atoms with E-state index in [4.69, 9.17) is 0 Å². The van der Waals surface area contributed by atoms with E-state index >= 15 is 0 Å². The van der Waals surface area contributed by atoms with Crippen molar-refractivity contribution in [1.82, 2.24) is 10.2 Å². The summed E-state index contributed by atoms with van der Waals surface area (Å²) in [7, 11) is 0. The van der Waals surface area contributed by atoms with Gasteiger partial charge in [-0.25, -0.2) is 0 Å². The highest BCUT2D eigenvalue weighted by Gasteiger charge is 2.39. The van der Waals surface area contributed by atoms with Crippen molar-refractivity contribution in [2.45, 2.75) is 69.4 Å². The molecule has 4 aliphatic rings. The zero-order valence-electron chi connectivity index (χ0n) is 15.7. The van der Waals surface area contributed by atoms with Crippen LogP contribution in [-0.4, -0.2) is 36.5 Å². The van der Waals surface area contributed by atoms with Crippen LogP contribution in [0.5, 0.6) is 0 Å². The van der Waals surface area contributed by atoms with E-state index < -0.39 is 0 Å². The average Bonchev–Trinajstić information content (AvgIpc) is 3.42. The second-order valence-electron chi connectivity index (χ2n) is 8.98. The van der Waals surface area contributed by atoms with Crippen LogP contribution in [0.1, 0.15) is 62.5 Å². The van der Waals surface area contributed by atoms with E-state index in [0.717, 1.165) is 51.9 Å². The Morgan fingerprint density at radius 2 is 1.88 bits per heavy atom.